The van der Waals surface area contributed by atoms with Crippen LogP contribution in [0.15, 0.2) is 6.20 Å². The molecule has 1 aliphatic carbocycles. The minimum absolute atomic E-state index is 0.0247. The van der Waals surface area contributed by atoms with E-state index in [0.29, 0.717) is 24.0 Å². The molecule has 1 amide bonds. The van der Waals surface area contributed by atoms with Gasteiger partial charge in [0.05, 0.1) is 11.3 Å². The maximum atomic E-state index is 11.8. The van der Waals surface area contributed by atoms with Crippen LogP contribution in [-0.4, -0.2) is 21.9 Å². The number of amides is 1. The summed E-state index contributed by atoms with van der Waals surface area (Å²) in [6, 6.07) is 0.416. The van der Waals surface area contributed by atoms with Crippen LogP contribution in [-0.2, 0) is 6.42 Å². The van der Waals surface area contributed by atoms with Crippen molar-refractivity contribution in [2.24, 2.45) is 22.5 Å². The lowest BCUT2D eigenvalue weighted by molar-refractivity contribution is 0.0993. The summed E-state index contributed by atoms with van der Waals surface area (Å²) in [7, 11) is 0. The van der Waals surface area contributed by atoms with Crippen molar-refractivity contribution in [1.82, 2.24) is 9.97 Å². The van der Waals surface area contributed by atoms with E-state index in [0.717, 1.165) is 24.5 Å². The summed E-state index contributed by atoms with van der Waals surface area (Å²) < 4.78 is 0. The van der Waals surface area contributed by atoms with Crippen LogP contribution in [0.5, 0.6) is 0 Å². The molecule has 1 saturated carbocycles. The highest BCUT2D eigenvalue weighted by atomic mass is 16.1. The van der Waals surface area contributed by atoms with Crippen LogP contribution in [0.4, 0.5) is 5.95 Å². The minimum Gasteiger partial charge on any atom is -0.365 e. The molecule has 2 rings (SSSR count). The average molecular weight is 347 g/mol. The number of nitrogens with one attached hydrogen (secondary N) is 1. The highest BCUT2D eigenvalue weighted by Crippen LogP contribution is 2.40. The summed E-state index contributed by atoms with van der Waals surface area (Å²) in [6.45, 7) is 13.3. The fourth-order valence-electron chi connectivity index (χ4n) is 3.10. The number of carbonyl (C=O) groups is 1. The molecule has 0 atom stereocenters. The number of nitrogens with two attached hydrogens (primary N) is 1. The number of nitrogens with zero attached hydrogens (tertiary/aromatic N) is 2. The number of hydrogen-bond acceptors (Lipinski definition) is 4. The van der Waals surface area contributed by atoms with E-state index >= 15 is 0 Å². The summed E-state index contributed by atoms with van der Waals surface area (Å²) in [4.78, 5) is 20.8. The van der Waals surface area contributed by atoms with Crippen molar-refractivity contribution < 1.29 is 4.79 Å². The Labute approximate surface area is 152 Å². The van der Waals surface area contributed by atoms with Crippen LogP contribution >= 0.6 is 0 Å². The van der Waals surface area contributed by atoms with Gasteiger partial charge >= 0.3 is 0 Å². The van der Waals surface area contributed by atoms with Gasteiger partial charge in [-0.2, -0.15) is 0 Å². The van der Waals surface area contributed by atoms with Crippen LogP contribution in [0.25, 0.3) is 0 Å². The zero-order chi connectivity index (χ0) is 18.8. The molecule has 5 heteroatoms. The second kappa shape index (κ2) is 7.30. The van der Waals surface area contributed by atoms with Crippen LogP contribution in [0.3, 0.4) is 0 Å². The van der Waals surface area contributed by atoms with Gasteiger partial charge in [-0.25, -0.2) is 9.97 Å². The number of hydrogen-bond donors (Lipinski definition) is 2. The van der Waals surface area contributed by atoms with Gasteiger partial charge in [-0.1, -0.05) is 41.5 Å². The van der Waals surface area contributed by atoms with E-state index in [9.17, 15) is 4.79 Å². The first-order valence-electron chi connectivity index (χ1n) is 9.42. The van der Waals surface area contributed by atoms with E-state index in [4.69, 9.17) is 5.73 Å². The lowest BCUT2D eigenvalue weighted by atomic mass is 9.66. The molecule has 1 fully saturated rings. The number of carbonyl (C=O) groups excluding carboxylic acids is 1. The van der Waals surface area contributed by atoms with Crippen LogP contribution < -0.4 is 11.1 Å². The van der Waals surface area contributed by atoms with E-state index in [1.165, 1.54) is 12.8 Å². The normalized spacial score (nSPS) is 21.8. The Hall–Kier alpha value is -1.65. The second-order valence-corrected chi connectivity index (χ2v) is 9.33. The Bertz CT molecular complexity index is 611. The SMILES string of the molecule is CC1CCC(Nc2ncc(C(N)=O)c(CC(C)(C)C(C)(C)C)n2)CC1. The summed E-state index contributed by atoms with van der Waals surface area (Å²) in [5, 5.41) is 3.46. The Morgan fingerprint density at radius 2 is 1.80 bits per heavy atom. The van der Waals surface area contributed by atoms with Gasteiger partial charge in [0.25, 0.3) is 5.91 Å². The highest BCUT2D eigenvalue weighted by molar-refractivity contribution is 5.93. The molecule has 5 nitrogen and oxygen atoms in total. The van der Waals surface area contributed by atoms with Gasteiger partial charge in [0.1, 0.15) is 0 Å². The molecule has 1 aromatic rings. The van der Waals surface area contributed by atoms with Crippen molar-refractivity contribution in [2.45, 2.75) is 79.7 Å². The topological polar surface area (TPSA) is 80.9 Å². The summed E-state index contributed by atoms with van der Waals surface area (Å²) in [5.41, 5.74) is 6.79. The average Bonchev–Trinajstić information content (AvgIpc) is 2.48. The summed E-state index contributed by atoms with van der Waals surface area (Å²) >= 11 is 0. The predicted octanol–water partition coefficient (Wildman–Crippen LogP) is 4.18. The van der Waals surface area contributed by atoms with Gasteiger partial charge in [-0.05, 0) is 48.9 Å². The number of primary amides is 1. The van der Waals surface area contributed by atoms with Gasteiger partial charge in [-0.3, -0.25) is 4.79 Å². The fourth-order valence-corrected chi connectivity index (χ4v) is 3.10. The van der Waals surface area contributed by atoms with Gasteiger partial charge in [0.2, 0.25) is 5.95 Å². The van der Waals surface area contributed by atoms with Crippen molar-refractivity contribution in [3.8, 4) is 0 Å². The standard InChI is InChI=1S/C20H34N4O/c1-13-7-9-14(10-8-13)23-18-22-12-15(17(21)25)16(24-18)11-20(5,6)19(2,3)4/h12-14H,7-11H2,1-6H3,(H2,21,25)(H,22,23,24). The number of rotatable bonds is 5. The first-order valence-corrected chi connectivity index (χ1v) is 9.42. The van der Waals surface area contributed by atoms with Crippen molar-refractivity contribution in [3.63, 3.8) is 0 Å². The first-order chi connectivity index (χ1) is 11.5. The predicted molar refractivity (Wildman–Crippen MR) is 103 cm³/mol. The molecule has 1 aromatic heterocycles. The molecular weight excluding hydrogens is 312 g/mol. The summed E-state index contributed by atoms with van der Waals surface area (Å²) in [6.07, 6.45) is 7.03. The Kier molecular flexibility index (Phi) is 5.75. The van der Waals surface area contributed by atoms with Gasteiger partial charge in [0.15, 0.2) is 0 Å². The quantitative estimate of drug-likeness (QED) is 0.838. The molecule has 140 valence electrons. The Balaban J connectivity index is 2.23. The van der Waals surface area contributed by atoms with Crippen molar-refractivity contribution >= 4 is 11.9 Å². The maximum absolute atomic E-state index is 11.8. The zero-order valence-corrected chi connectivity index (χ0v) is 16.6. The molecule has 0 aromatic carbocycles. The molecule has 1 aliphatic rings. The lowest BCUT2D eigenvalue weighted by Crippen LogP contribution is -2.33. The molecule has 0 spiro atoms. The third-order valence-corrected chi connectivity index (χ3v) is 6.12. The second-order valence-electron chi connectivity index (χ2n) is 9.33. The van der Waals surface area contributed by atoms with Crippen molar-refractivity contribution in [2.75, 3.05) is 5.32 Å². The first kappa shape index (κ1) is 19.7. The third kappa shape index (κ3) is 4.93. The van der Waals surface area contributed by atoms with Crippen LogP contribution in [0, 0.1) is 16.7 Å². The molecule has 0 aliphatic heterocycles. The lowest BCUT2D eigenvalue weighted by Gasteiger charge is -2.39. The van der Waals surface area contributed by atoms with E-state index in [1.54, 1.807) is 6.20 Å². The zero-order valence-electron chi connectivity index (χ0n) is 16.6. The van der Waals surface area contributed by atoms with E-state index < -0.39 is 5.91 Å². The third-order valence-electron chi connectivity index (χ3n) is 6.12. The molecule has 0 unspecified atom stereocenters. The Morgan fingerprint density at radius 1 is 1.20 bits per heavy atom. The molecular formula is C20H34N4O. The van der Waals surface area contributed by atoms with E-state index in [1.807, 2.05) is 0 Å². The fraction of sp³-hybridized carbons (Fsp3) is 0.750. The molecule has 0 bridgehead atoms. The highest BCUT2D eigenvalue weighted by Gasteiger charge is 2.34. The van der Waals surface area contributed by atoms with E-state index in [-0.39, 0.29) is 10.8 Å². The van der Waals surface area contributed by atoms with Gasteiger partial charge in [0, 0.05) is 12.2 Å². The minimum atomic E-state index is -0.460. The van der Waals surface area contributed by atoms with Gasteiger partial charge in [-0.15, -0.1) is 0 Å². The smallest absolute Gasteiger partial charge is 0.252 e. The maximum Gasteiger partial charge on any atom is 0.252 e. The van der Waals surface area contributed by atoms with Gasteiger partial charge < -0.3 is 11.1 Å². The molecule has 3 N–H and O–H groups in total. The van der Waals surface area contributed by atoms with Crippen LogP contribution in [0.1, 0.15) is 83.3 Å². The largest absolute Gasteiger partial charge is 0.365 e. The molecule has 0 radical (unpaired) electrons. The monoisotopic (exact) mass is 346 g/mol. The van der Waals surface area contributed by atoms with Crippen LogP contribution in [0.2, 0.25) is 0 Å². The molecule has 0 saturated heterocycles. The van der Waals surface area contributed by atoms with Crippen molar-refractivity contribution in [1.29, 1.82) is 0 Å². The summed E-state index contributed by atoms with van der Waals surface area (Å²) in [5.74, 6) is 0.960. The number of aromatic nitrogens is 2. The van der Waals surface area contributed by atoms with E-state index in [2.05, 4.69) is 56.8 Å². The van der Waals surface area contributed by atoms with Crippen molar-refractivity contribution in [3.05, 3.63) is 17.5 Å². The Morgan fingerprint density at radius 3 is 2.32 bits per heavy atom. The number of anilines is 1. The molecule has 1 heterocycles. The molecule has 25 heavy (non-hydrogen) atoms.